The largest absolute Gasteiger partial charge is 0.458 e. The van der Waals surface area contributed by atoms with Gasteiger partial charge in [0, 0.05) is 44.6 Å². The van der Waals surface area contributed by atoms with Crippen LogP contribution in [0, 0.1) is 0 Å². The Morgan fingerprint density at radius 2 is 1.33 bits per heavy atom. The fourth-order valence-corrected chi connectivity index (χ4v) is 7.17. The lowest BCUT2D eigenvalue weighted by molar-refractivity contribution is 0.494. The molecule has 10 rings (SSSR count). The second-order valence-electron chi connectivity index (χ2n) is 12.2. The number of aliphatic imine (C=N–C) groups is 2. The zero-order valence-electron chi connectivity index (χ0n) is 25.7. The van der Waals surface area contributed by atoms with Crippen LogP contribution < -0.4 is 10.6 Å². The van der Waals surface area contributed by atoms with Gasteiger partial charge in [-0.05, 0) is 40.6 Å². The molecule has 0 saturated heterocycles. The number of fused-ring (bicyclic) bond motifs is 7. The van der Waals surface area contributed by atoms with E-state index in [2.05, 4.69) is 108 Å². The second-order valence-corrected chi connectivity index (χ2v) is 12.2. The van der Waals surface area contributed by atoms with Gasteiger partial charge >= 0.3 is 0 Å². The first-order valence-corrected chi connectivity index (χ1v) is 16.1. The fraction of sp³-hybridized carbons (Fsp3) is 0.0476. The van der Waals surface area contributed by atoms with Crippen LogP contribution in [0.2, 0.25) is 0 Å². The van der Waals surface area contributed by atoms with E-state index in [1.807, 2.05) is 48.5 Å². The average molecular weight is 621 g/mol. The minimum Gasteiger partial charge on any atom is -0.458 e. The summed E-state index contributed by atoms with van der Waals surface area (Å²) in [6.45, 7) is 0. The van der Waals surface area contributed by atoms with Crippen molar-refractivity contribution in [2.75, 3.05) is 0 Å². The van der Waals surface area contributed by atoms with Gasteiger partial charge in [-0.1, -0.05) is 115 Å². The number of para-hydroxylation sites is 2. The van der Waals surface area contributed by atoms with E-state index in [4.69, 9.17) is 18.8 Å². The number of benzene rings is 6. The van der Waals surface area contributed by atoms with E-state index in [1.54, 1.807) is 0 Å². The maximum absolute atomic E-state index is 6.62. The van der Waals surface area contributed by atoms with Gasteiger partial charge in [0.2, 0.25) is 0 Å². The van der Waals surface area contributed by atoms with Crippen molar-refractivity contribution in [3.63, 3.8) is 0 Å². The molecule has 6 heteroatoms. The highest BCUT2D eigenvalue weighted by Gasteiger charge is 2.34. The van der Waals surface area contributed by atoms with Gasteiger partial charge in [0.05, 0.1) is 0 Å². The molecule has 0 saturated carbocycles. The van der Waals surface area contributed by atoms with E-state index in [1.165, 1.54) is 5.39 Å². The summed E-state index contributed by atoms with van der Waals surface area (Å²) in [4.78, 5) is 10.5. The fourth-order valence-electron chi connectivity index (χ4n) is 7.17. The van der Waals surface area contributed by atoms with E-state index in [-0.39, 0.29) is 6.04 Å². The summed E-state index contributed by atoms with van der Waals surface area (Å²) in [7, 11) is 0. The molecule has 2 aliphatic heterocycles. The topological polar surface area (TPSA) is 75.1 Å². The molecule has 6 aromatic carbocycles. The molecule has 0 amide bonds. The molecule has 6 nitrogen and oxygen atoms in total. The summed E-state index contributed by atoms with van der Waals surface area (Å²) in [6, 6.07) is 47.6. The number of nitrogens with one attached hydrogen (secondary N) is 2. The Morgan fingerprint density at radius 3 is 2.21 bits per heavy atom. The zero-order chi connectivity index (χ0) is 31.6. The third-order valence-corrected chi connectivity index (χ3v) is 9.42. The summed E-state index contributed by atoms with van der Waals surface area (Å²) in [5, 5.41) is 12.9. The lowest BCUT2D eigenvalue weighted by atomic mass is 9.92. The summed E-state index contributed by atoms with van der Waals surface area (Å²) < 4.78 is 12.9. The molecule has 2 aliphatic rings. The van der Waals surface area contributed by atoms with Gasteiger partial charge < -0.3 is 19.5 Å². The van der Waals surface area contributed by atoms with E-state index in [0.29, 0.717) is 5.84 Å². The van der Waals surface area contributed by atoms with Crippen LogP contribution in [-0.4, -0.2) is 11.7 Å². The number of amidine groups is 2. The zero-order valence-corrected chi connectivity index (χ0v) is 25.7. The summed E-state index contributed by atoms with van der Waals surface area (Å²) >= 11 is 0. The highest BCUT2D eigenvalue weighted by molar-refractivity contribution is 6.30. The number of rotatable bonds is 4. The van der Waals surface area contributed by atoms with Crippen LogP contribution >= 0.6 is 0 Å². The molecule has 4 heterocycles. The monoisotopic (exact) mass is 620 g/mol. The van der Waals surface area contributed by atoms with Crippen LogP contribution in [0.5, 0.6) is 0 Å². The van der Waals surface area contributed by atoms with Crippen LogP contribution in [0.25, 0.3) is 49.3 Å². The minimum absolute atomic E-state index is 0.142. The molecule has 0 radical (unpaired) electrons. The predicted octanol–water partition coefficient (Wildman–Crippen LogP) is 9.67. The molecule has 0 fully saturated rings. The molecule has 2 unspecified atom stereocenters. The van der Waals surface area contributed by atoms with Crippen LogP contribution in [0.4, 0.5) is 0 Å². The second kappa shape index (κ2) is 10.6. The Hall–Kier alpha value is -6.40. The van der Waals surface area contributed by atoms with Crippen LogP contribution in [0.3, 0.4) is 0 Å². The molecular formula is C42H28N4O2. The summed E-state index contributed by atoms with van der Waals surface area (Å²) in [5.74, 6) is 2.23. The Labute approximate surface area is 275 Å². The normalized spacial score (nSPS) is 17.5. The summed E-state index contributed by atoms with van der Waals surface area (Å²) in [6.07, 6.45) is 1.64. The highest BCUT2D eigenvalue weighted by atomic mass is 16.3. The van der Waals surface area contributed by atoms with Crippen molar-refractivity contribution in [3.8, 4) is 0 Å². The molecule has 0 aliphatic carbocycles. The average Bonchev–Trinajstić information content (AvgIpc) is 3.74. The number of hydrogen-bond acceptors (Lipinski definition) is 6. The smallest absolute Gasteiger partial charge is 0.159 e. The SMILES string of the molecule is C1=C(C2=NC(c3ccc4ccccc4c3)=NC(c3cccc4oc5ccccc5c34)N2)c2c(oc3ccccc23)C(c2ccccc2)N1. The summed E-state index contributed by atoms with van der Waals surface area (Å²) in [5.41, 5.74) is 7.56. The van der Waals surface area contributed by atoms with Crippen molar-refractivity contribution in [2.45, 2.75) is 12.2 Å². The first-order valence-electron chi connectivity index (χ1n) is 16.1. The number of nitrogens with zero attached hydrogens (tertiary/aromatic N) is 2. The molecule has 2 aromatic heterocycles. The van der Waals surface area contributed by atoms with E-state index in [9.17, 15) is 0 Å². The van der Waals surface area contributed by atoms with Crippen molar-refractivity contribution in [2.24, 2.45) is 9.98 Å². The van der Waals surface area contributed by atoms with E-state index >= 15 is 0 Å². The third kappa shape index (κ3) is 4.19. The number of furan rings is 2. The molecule has 48 heavy (non-hydrogen) atoms. The van der Waals surface area contributed by atoms with Gasteiger partial charge in [-0.25, -0.2) is 9.98 Å². The van der Waals surface area contributed by atoms with Gasteiger partial charge in [0.15, 0.2) is 5.84 Å². The molecule has 0 bridgehead atoms. The quantitative estimate of drug-likeness (QED) is 0.205. The molecule has 8 aromatic rings. The highest BCUT2D eigenvalue weighted by Crippen LogP contribution is 2.42. The van der Waals surface area contributed by atoms with E-state index < -0.39 is 6.17 Å². The lowest BCUT2D eigenvalue weighted by Crippen LogP contribution is -2.36. The van der Waals surface area contributed by atoms with Crippen LogP contribution in [0.15, 0.2) is 165 Å². The Morgan fingerprint density at radius 1 is 0.604 bits per heavy atom. The first kappa shape index (κ1) is 26.8. The van der Waals surface area contributed by atoms with Crippen molar-refractivity contribution in [3.05, 3.63) is 174 Å². The number of hydrogen-bond donors (Lipinski definition) is 2. The van der Waals surface area contributed by atoms with Gasteiger partial charge in [0.25, 0.3) is 0 Å². The standard InChI is InChI=1S/C42H28N4O2/c1-2-12-26(13-3-1)38-39-37(30-16-7-9-19-34(30)48-39)32(24-43-38)42-45-40(28-22-21-25-11-4-5-14-27(25)23-28)44-41(46-42)31-17-10-20-35-36(31)29-15-6-8-18-33(29)47-35/h1-24,38,41,43H,(H,44,45,46). The lowest BCUT2D eigenvalue weighted by Gasteiger charge is -2.29. The van der Waals surface area contributed by atoms with Crippen molar-refractivity contribution in [1.29, 1.82) is 0 Å². The van der Waals surface area contributed by atoms with Gasteiger partial charge in [0.1, 0.15) is 40.6 Å². The van der Waals surface area contributed by atoms with Crippen molar-refractivity contribution >= 4 is 60.9 Å². The third-order valence-electron chi connectivity index (χ3n) is 9.42. The maximum atomic E-state index is 6.62. The van der Waals surface area contributed by atoms with Crippen molar-refractivity contribution in [1.82, 2.24) is 10.6 Å². The maximum Gasteiger partial charge on any atom is 0.159 e. The van der Waals surface area contributed by atoms with Gasteiger partial charge in [-0.2, -0.15) is 0 Å². The van der Waals surface area contributed by atoms with Crippen LogP contribution in [-0.2, 0) is 0 Å². The van der Waals surface area contributed by atoms with Crippen LogP contribution in [0.1, 0.15) is 40.2 Å². The molecular weight excluding hydrogens is 592 g/mol. The van der Waals surface area contributed by atoms with E-state index in [0.717, 1.165) is 77.7 Å². The van der Waals surface area contributed by atoms with Gasteiger partial charge in [-0.3, -0.25) is 0 Å². The van der Waals surface area contributed by atoms with Crippen molar-refractivity contribution < 1.29 is 8.83 Å². The molecule has 2 atom stereocenters. The molecule has 228 valence electrons. The Bertz CT molecular complexity index is 2640. The first-order chi connectivity index (χ1) is 23.8. The van der Waals surface area contributed by atoms with Gasteiger partial charge in [-0.15, -0.1) is 0 Å². The molecule has 2 N–H and O–H groups in total. The molecule has 0 spiro atoms. The Balaban J connectivity index is 1.18. The predicted molar refractivity (Wildman–Crippen MR) is 193 cm³/mol. The minimum atomic E-state index is -0.432. The Kier molecular flexibility index (Phi) is 5.90.